The summed E-state index contributed by atoms with van der Waals surface area (Å²) in [6.45, 7) is 4.30. The molecule has 0 atom stereocenters. The van der Waals surface area contributed by atoms with E-state index in [1.54, 1.807) is 18.2 Å². The molecular formula is C26H34CaO6. The van der Waals surface area contributed by atoms with Crippen LogP contribution in [0, 0.1) is 0 Å². The normalized spacial score (nSPS) is 10.0. The van der Waals surface area contributed by atoms with E-state index in [0.29, 0.717) is 0 Å². The summed E-state index contributed by atoms with van der Waals surface area (Å²) in [6.07, 6.45) is 10.9. The number of phenols is 1. The number of aryl methyl sites for hydroxylation is 2. The molecule has 0 unspecified atom stereocenters. The molecule has 2 aromatic rings. The number of aromatic carboxylic acids is 2. The number of carboxylic acid groups (broad SMARTS) is 2. The Morgan fingerprint density at radius 3 is 1.73 bits per heavy atom. The number of carbonyl (C=O) groups excluding carboxylic acids is 1. The zero-order valence-corrected chi connectivity index (χ0v) is 22.0. The summed E-state index contributed by atoms with van der Waals surface area (Å²) in [5.74, 6) is -3.10. The van der Waals surface area contributed by atoms with E-state index in [4.69, 9.17) is 5.11 Å². The Balaban J connectivity index is 0.000000602. The summed E-state index contributed by atoms with van der Waals surface area (Å²) in [5, 5.41) is 40.0. The number of carboxylic acids is 2. The Bertz CT molecular complexity index is 794. The standard InChI is InChI=1S/2C13H18O3.Ca/c2*1-2-3-4-5-6-10-7-8-12(14)11(9-10)13(15)16;/h2*7-9,14H,2-6H2,1H3,(H,15,16);/q;;+2/p-2. The van der Waals surface area contributed by atoms with Crippen molar-refractivity contribution >= 4 is 49.7 Å². The molecule has 176 valence electrons. The molecule has 0 aliphatic heterocycles. The summed E-state index contributed by atoms with van der Waals surface area (Å²) < 4.78 is 0. The fourth-order valence-corrected chi connectivity index (χ4v) is 3.31. The van der Waals surface area contributed by atoms with E-state index in [1.807, 2.05) is 0 Å². The zero-order valence-electron chi connectivity index (χ0n) is 19.8. The quantitative estimate of drug-likeness (QED) is 0.347. The van der Waals surface area contributed by atoms with Crippen molar-refractivity contribution in [2.75, 3.05) is 0 Å². The van der Waals surface area contributed by atoms with Gasteiger partial charge in [0.25, 0.3) is 0 Å². The molecule has 0 heterocycles. The average molecular weight is 483 g/mol. The van der Waals surface area contributed by atoms with Crippen molar-refractivity contribution in [2.24, 2.45) is 0 Å². The molecule has 33 heavy (non-hydrogen) atoms. The van der Waals surface area contributed by atoms with Gasteiger partial charge in [-0.05, 0) is 54.5 Å². The van der Waals surface area contributed by atoms with E-state index in [1.165, 1.54) is 50.3 Å². The van der Waals surface area contributed by atoms with Crippen molar-refractivity contribution in [3.05, 3.63) is 58.7 Å². The topological polar surface area (TPSA) is 121 Å². The van der Waals surface area contributed by atoms with Gasteiger partial charge < -0.3 is 25.2 Å². The summed E-state index contributed by atoms with van der Waals surface area (Å²) in [7, 11) is 0. The van der Waals surface area contributed by atoms with Crippen LogP contribution in [0.2, 0.25) is 0 Å². The first-order valence-corrected chi connectivity index (χ1v) is 11.4. The molecule has 0 saturated heterocycles. The minimum Gasteiger partial charge on any atom is -0.872 e. The molecule has 0 radical (unpaired) electrons. The zero-order chi connectivity index (χ0) is 23.9. The van der Waals surface area contributed by atoms with Crippen molar-refractivity contribution in [3.63, 3.8) is 0 Å². The van der Waals surface area contributed by atoms with Crippen LogP contribution in [0.4, 0.5) is 0 Å². The third-order valence-corrected chi connectivity index (χ3v) is 5.19. The molecule has 0 aliphatic carbocycles. The van der Waals surface area contributed by atoms with Crippen LogP contribution >= 0.6 is 0 Å². The first kappa shape index (κ1) is 31.2. The van der Waals surface area contributed by atoms with Crippen molar-refractivity contribution in [2.45, 2.75) is 78.1 Å². The molecule has 2 aromatic carbocycles. The van der Waals surface area contributed by atoms with Crippen LogP contribution in [0.1, 0.15) is 97.1 Å². The number of carbonyl (C=O) groups is 2. The second-order valence-electron chi connectivity index (χ2n) is 7.90. The number of rotatable bonds is 12. The van der Waals surface area contributed by atoms with Gasteiger partial charge in [-0.15, -0.1) is 0 Å². The Morgan fingerprint density at radius 2 is 1.27 bits per heavy atom. The molecular weight excluding hydrogens is 448 g/mol. The number of unbranched alkanes of at least 4 members (excludes halogenated alkanes) is 6. The van der Waals surface area contributed by atoms with Crippen LogP contribution in [0.3, 0.4) is 0 Å². The molecule has 0 spiro atoms. The monoisotopic (exact) mass is 482 g/mol. The van der Waals surface area contributed by atoms with Crippen molar-refractivity contribution in [1.29, 1.82) is 0 Å². The number of hydrogen-bond acceptors (Lipinski definition) is 5. The van der Waals surface area contributed by atoms with Crippen LogP contribution in [0.5, 0.6) is 11.5 Å². The number of benzene rings is 2. The summed E-state index contributed by atoms with van der Waals surface area (Å²) in [5.41, 5.74) is 1.64. The van der Waals surface area contributed by atoms with Crippen molar-refractivity contribution < 1.29 is 30.0 Å². The minimum atomic E-state index is -1.39. The van der Waals surface area contributed by atoms with Crippen LogP contribution in [0.25, 0.3) is 0 Å². The predicted molar refractivity (Wildman–Crippen MR) is 127 cm³/mol. The van der Waals surface area contributed by atoms with Crippen LogP contribution < -0.4 is 10.2 Å². The maximum absolute atomic E-state index is 11.2. The molecule has 0 bridgehead atoms. The Morgan fingerprint density at radius 1 is 0.788 bits per heavy atom. The van der Waals surface area contributed by atoms with E-state index < -0.39 is 17.7 Å². The maximum Gasteiger partial charge on any atom is 2.00 e. The summed E-state index contributed by atoms with van der Waals surface area (Å²) in [4.78, 5) is 21.4. The van der Waals surface area contributed by atoms with Crippen LogP contribution in [-0.2, 0) is 12.8 Å². The Hall–Kier alpha value is -1.76. The van der Waals surface area contributed by atoms with Crippen LogP contribution in [0.15, 0.2) is 36.4 Å². The van der Waals surface area contributed by atoms with Crippen molar-refractivity contribution in [3.8, 4) is 11.5 Å². The van der Waals surface area contributed by atoms with E-state index >= 15 is 0 Å². The largest absolute Gasteiger partial charge is 2.00 e. The number of aromatic hydroxyl groups is 1. The molecule has 0 saturated carbocycles. The van der Waals surface area contributed by atoms with Gasteiger partial charge in [0.05, 0.1) is 5.97 Å². The Kier molecular flexibility index (Phi) is 16.7. The molecule has 2 N–H and O–H groups in total. The van der Waals surface area contributed by atoms with Gasteiger partial charge in [-0.25, -0.2) is 4.79 Å². The third-order valence-electron chi connectivity index (χ3n) is 5.19. The van der Waals surface area contributed by atoms with Gasteiger partial charge in [0.1, 0.15) is 11.3 Å². The smallest absolute Gasteiger partial charge is 0.872 e. The van der Waals surface area contributed by atoms with Crippen LogP contribution in [-0.4, -0.2) is 59.9 Å². The molecule has 7 heteroatoms. The molecule has 0 aliphatic rings. The first-order valence-electron chi connectivity index (χ1n) is 11.4. The second kappa shape index (κ2) is 17.7. The predicted octanol–water partition coefficient (Wildman–Crippen LogP) is 4.08. The van der Waals surface area contributed by atoms with Crippen molar-refractivity contribution in [1.82, 2.24) is 0 Å². The van der Waals surface area contributed by atoms with E-state index in [-0.39, 0.29) is 54.6 Å². The molecule has 2 rings (SSSR count). The second-order valence-corrected chi connectivity index (χ2v) is 7.90. The molecule has 6 nitrogen and oxygen atoms in total. The van der Waals surface area contributed by atoms with Gasteiger partial charge in [-0.2, -0.15) is 0 Å². The van der Waals surface area contributed by atoms with Gasteiger partial charge in [0, 0.05) is 0 Å². The van der Waals surface area contributed by atoms with E-state index in [0.717, 1.165) is 43.2 Å². The molecule has 0 aromatic heterocycles. The third kappa shape index (κ3) is 12.3. The SMILES string of the molecule is CCCCCCc1ccc(O)c(C(=O)O)c1.CCCCCCc1ccc([O-])c(C(=O)[O-])c1.[Ca+2]. The van der Waals surface area contributed by atoms with E-state index in [9.17, 15) is 24.9 Å². The van der Waals surface area contributed by atoms with E-state index in [2.05, 4.69) is 13.8 Å². The van der Waals surface area contributed by atoms with Gasteiger partial charge in [0.15, 0.2) is 0 Å². The summed E-state index contributed by atoms with van der Waals surface area (Å²) in [6, 6.07) is 9.24. The van der Waals surface area contributed by atoms with Gasteiger partial charge in [-0.3, -0.25) is 0 Å². The minimum absolute atomic E-state index is 0. The Labute approximate surface area is 226 Å². The average Bonchev–Trinajstić information content (AvgIpc) is 2.76. The fraction of sp³-hybridized carbons (Fsp3) is 0.462. The molecule has 0 amide bonds. The van der Waals surface area contributed by atoms with Gasteiger partial charge in [-0.1, -0.05) is 82.4 Å². The fourth-order valence-electron chi connectivity index (χ4n) is 3.31. The number of hydrogen-bond donors (Lipinski definition) is 2. The molecule has 0 fully saturated rings. The van der Waals surface area contributed by atoms with Gasteiger partial charge >= 0.3 is 43.7 Å². The first-order chi connectivity index (χ1) is 15.3. The van der Waals surface area contributed by atoms with Gasteiger partial charge in [0.2, 0.25) is 0 Å². The maximum atomic E-state index is 11.2. The summed E-state index contributed by atoms with van der Waals surface area (Å²) >= 11 is 0.